The number of nitriles is 1. The van der Waals surface area contributed by atoms with Gasteiger partial charge in [0, 0.05) is 31.0 Å². The van der Waals surface area contributed by atoms with Gasteiger partial charge in [0.2, 0.25) is 0 Å². The predicted molar refractivity (Wildman–Crippen MR) is 84.0 cm³/mol. The first-order valence-corrected chi connectivity index (χ1v) is 7.67. The lowest BCUT2D eigenvalue weighted by molar-refractivity contribution is 0.167. The molecule has 4 nitrogen and oxygen atoms in total. The maximum absolute atomic E-state index is 9.48. The summed E-state index contributed by atoms with van der Waals surface area (Å²) >= 11 is 0. The molecule has 3 heterocycles. The fraction of sp³-hybridized carbons (Fsp3) is 0.471. The van der Waals surface area contributed by atoms with Crippen molar-refractivity contribution in [3.05, 3.63) is 41.7 Å². The van der Waals surface area contributed by atoms with E-state index in [2.05, 4.69) is 26.9 Å². The Kier molecular flexibility index (Phi) is 4.23. The van der Waals surface area contributed by atoms with Crippen LogP contribution in [-0.2, 0) is 6.54 Å². The normalized spacial score (nSPS) is 19.7. The monoisotopic (exact) mass is 282 g/mol. The molecule has 1 atom stereocenters. The highest BCUT2D eigenvalue weighted by atomic mass is 15.1. The molecule has 1 unspecified atom stereocenters. The van der Waals surface area contributed by atoms with E-state index in [4.69, 9.17) is 0 Å². The van der Waals surface area contributed by atoms with Gasteiger partial charge in [0.05, 0.1) is 11.1 Å². The van der Waals surface area contributed by atoms with Crippen molar-refractivity contribution >= 4 is 5.52 Å². The van der Waals surface area contributed by atoms with Gasteiger partial charge in [0.1, 0.15) is 6.07 Å². The molecule has 110 valence electrons. The van der Waals surface area contributed by atoms with Crippen molar-refractivity contribution < 1.29 is 0 Å². The van der Waals surface area contributed by atoms with Crippen LogP contribution in [0.1, 0.15) is 24.0 Å². The van der Waals surface area contributed by atoms with Crippen molar-refractivity contribution in [3.8, 4) is 6.07 Å². The molecule has 4 heteroatoms. The standard InChI is InChI=1S/C17H22N4/c1-19-10-14-5-4-7-20(11-14)12-15-13-21-8-3-2-6-17(21)16(15)9-18/h2-3,6,8,13-14,19H,4-5,7,10-12H2,1H3. The molecule has 3 rings (SSSR count). The summed E-state index contributed by atoms with van der Waals surface area (Å²) in [5, 5.41) is 12.8. The van der Waals surface area contributed by atoms with Crippen LogP contribution in [0.4, 0.5) is 0 Å². The fourth-order valence-corrected chi connectivity index (χ4v) is 3.42. The number of likely N-dealkylation sites (tertiary alicyclic amines) is 1. The second-order valence-electron chi connectivity index (χ2n) is 5.94. The van der Waals surface area contributed by atoms with Crippen molar-refractivity contribution in [2.75, 3.05) is 26.7 Å². The van der Waals surface area contributed by atoms with E-state index in [1.165, 1.54) is 12.8 Å². The summed E-state index contributed by atoms with van der Waals surface area (Å²) in [6, 6.07) is 8.39. The zero-order valence-electron chi connectivity index (χ0n) is 12.5. The number of hydrogen-bond acceptors (Lipinski definition) is 3. The molecular formula is C17H22N4. The van der Waals surface area contributed by atoms with Crippen LogP contribution in [0.25, 0.3) is 5.52 Å². The Morgan fingerprint density at radius 1 is 1.43 bits per heavy atom. The summed E-state index contributed by atoms with van der Waals surface area (Å²) in [7, 11) is 2.02. The molecule has 0 aliphatic carbocycles. The molecular weight excluding hydrogens is 260 g/mol. The van der Waals surface area contributed by atoms with Gasteiger partial charge in [-0.3, -0.25) is 4.90 Å². The van der Waals surface area contributed by atoms with Crippen LogP contribution in [0, 0.1) is 17.2 Å². The van der Waals surface area contributed by atoms with E-state index in [0.29, 0.717) is 0 Å². The van der Waals surface area contributed by atoms with Gasteiger partial charge >= 0.3 is 0 Å². The zero-order valence-corrected chi connectivity index (χ0v) is 12.5. The minimum Gasteiger partial charge on any atom is -0.322 e. The van der Waals surface area contributed by atoms with Gasteiger partial charge in [-0.15, -0.1) is 0 Å². The highest BCUT2D eigenvalue weighted by molar-refractivity contribution is 5.65. The van der Waals surface area contributed by atoms with Gasteiger partial charge in [-0.05, 0) is 51.0 Å². The van der Waals surface area contributed by atoms with E-state index >= 15 is 0 Å². The highest BCUT2D eigenvalue weighted by Crippen LogP contribution is 2.22. The van der Waals surface area contributed by atoms with E-state index in [9.17, 15) is 5.26 Å². The second kappa shape index (κ2) is 6.30. The number of nitrogens with one attached hydrogen (secondary N) is 1. The molecule has 0 spiro atoms. The number of aromatic nitrogens is 1. The van der Waals surface area contributed by atoms with Crippen LogP contribution >= 0.6 is 0 Å². The second-order valence-corrected chi connectivity index (χ2v) is 5.94. The van der Waals surface area contributed by atoms with E-state index in [1.54, 1.807) is 0 Å². The first-order chi connectivity index (χ1) is 10.3. The van der Waals surface area contributed by atoms with Crippen LogP contribution in [0.3, 0.4) is 0 Å². The fourth-order valence-electron chi connectivity index (χ4n) is 3.42. The molecule has 2 aromatic rings. The maximum Gasteiger partial charge on any atom is 0.102 e. The first-order valence-electron chi connectivity index (χ1n) is 7.67. The molecule has 1 fully saturated rings. The lowest BCUT2D eigenvalue weighted by atomic mass is 9.97. The molecule has 21 heavy (non-hydrogen) atoms. The quantitative estimate of drug-likeness (QED) is 0.935. The summed E-state index contributed by atoms with van der Waals surface area (Å²) in [6.07, 6.45) is 6.68. The minimum absolute atomic E-state index is 0.728. The molecule has 2 aromatic heterocycles. The molecule has 0 radical (unpaired) electrons. The van der Waals surface area contributed by atoms with E-state index in [0.717, 1.165) is 48.7 Å². The van der Waals surface area contributed by atoms with E-state index in [-0.39, 0.29) is 0 Å². The molecule has 1 aliphatic rings. The lowest BCUT2D eigenvalue weighted by Gasteiger charge is -2.32. The number of fused-ring (bicyclic) bond motifs is 1. The number of piperidine rings is 1. The summed E-state index contributed by atoms with van der Waals surface area (Å²) in [6.45, 7) is 4.22. The molecule has 0 aromatic carbocycles. The van der Waals surface area contributed by atoms with Gasteiger partial charge in [-0.2, -0.15) is 5.26 Å². The average Bonchev–Trinajstić information content (AvgIpc) is 2.85. The third-order valence-electron chi connectivity index (χ3n) is 4.36. The smallest absolute Gasteiger partial charge is 0.102 e. The summed E-state index contributed by atoms with van der Waals surface area (Å²) in [5.41, 5.74) is 2.99. The largest absolute Gasteiger partial charge is 0.322 e. The highest BCUT2D eigenvalue weighted by Gasteiger charge is 2.21. The Balaban J connectivity index is 1.80. The Morgan fingerprint density at radius 3 is 3.14 bits per heavy atom. The third-order valence-corrected chi connectivity index (χ3v) is 4.36. The third kappa shape index (κ3) is 2.94. The summed E-state index contributed by atoms with van der Waals surface area (Å²) in [4.78, 5) is 2.49. The predicted octanol–water partition coefficient (Wildman–Crippen LogP) is 2.24. The van der Waals surface area contributed by atoms with Crippen molar-refractivity contribution in [1.29, 1.82) is 5.26 Å². The van der Waals surface area contributed by atoms with E-state index < -0.39 is 0 Å². The van der Waals surface area contributed by atoms with Crippen LogP contribution in [-0.4, -0.2) is 36.0 Å². The van der Waals surface area contributed by atoms with Gasteiger partial charge in [0.15, 0.2) is 0 Å². The number of pyridine rings is 1. The van der Waals surface area contributed by atoms with Crippen molar-refractivity contribution in [1.82, 2.24) is 14.6 Å². The Hall–Kier alpha value is -1.83. The molecule has 0 amide bonds. The Labute approximate surface area is 126 Å². The van der Waals surface area contributed by atoms with Crippen molar-refractivity contribution in [3.63, 3.8) is 0 Å². The topological polar surface area (TPSA) is 43.5 Å². The molecule has 1 aliphatic heterocycles. The van der Waals surface area contributed by atoms with Gasteiger partial charge < -0.3 is 9.72 Å². The van der Waals surface area contributed by atoms with Crippen LogP contribution in [0.2, 0.25) is 0 Å². The summed E-state index contributed by atoms with van der Waals surface area (Å²) in [5.74, 6) is 0.728. The van der Waals surface area contributed by atoms with Gasteiger partial charge in [-0.25, -0.2) is 0 Å². The lowest BCUT2D eigenvalue weighted by Crippen LogP contribution is -2.38. The minimum atomic E-state index is 0.728. The molecule has 1 N–H and O–H groups in total. The number of nitrogens with zero attached hydrogens (tertiary/aromatic N) is 3. The summed E-state index contributed by atoms with van der Waals surface area (Å²) < 4.78 is 2.06. The first kappa shape index (κ1) is 14.1. The van der Waals surface area contributed by atoms with Crippen LogP contribution < -0.4 is 5.32 Å². The zero-order chi connectivity index (χ0) is 14.7. The average molecular weight is 282 g/mol. The molecule has 0 saturated carbocycles. The Bertz CT molecular complexity index is 650. The van der Waals surface area contributed by atoms with Crippen molar-refractivity contribution in [2.24, 2.45) is 5.92 Å². The van der Waals surface area contributed by atoms with Crippen LogP contribution in [0.5, 0.6) is 0 Å². The number of hydrogen-bond donors (Lipinski definition) is 1. The van der Waals surface area contributed by atoms with Gasteiger partial charge in [-0.1, -0.05) is 6.07 Å². The maximum atomic E-state index is 9.48. The van der Waals surface area contributed by atoms with E-state index in [1.807, 2.05) is 31.4 Å². The van der Waals surface area contributed by atoms with Gasteiger partial charge in [0.25, 0.3) is 0 Å². The molecule has 0 bridgehead atoms. The molecule has 1 saturated heterocycles. The van der Waals surface area contributed by atoms with Crippen molar-refractivity contribution in [2.45, 2.75) is 19.4 Å². The van der Waals surface area contributed by atoms with Crippen LogP contribution in [0.15, 0.2) is 30.6 Å². The SMILES string of the molecule is CNCC1CCCN(Cc2cn3ccccc3c2C#N)C1. The number of rotatable bonds is 4. The Morgan fingerprint density at radius 2 is 2.33 bits per heavy atom.